The fourth-order valence-corrected chi connectivity index (χ4v) is 8.40. The Morgan fingerprint density at radius 3 is 1.43 bits per heavy atom. The topological polar surface area (TPSA) is 29.3 Å². The van der Waals surface area contributed by atoms with Crippen LogP contribution in [0.25, 0.3) is 87.4 Å². The van der Waals surface area contributed by atoms with Crippen molar-refractivity contribution in [1.29, 1.82) is 0 Å². The van der Waals surface area contributed by atoms with Crippen LogP contribution in [0.5, 0.6) is 0 Å². The summed E-state index contributed by atoms with van der Waals surface area (Å²) < 4.78 is 6.33. The fraction of sp³-hybridized carbons (Fsp3) is 0. The number of benzene rings is 9. The number of furan rings is 1. The predicted octanol–water partition coefficient (Wildman–Crippen LogP) is 14.4. The molecule has 11 rings (SSSR count). The average molecular weight is 689 g/mol. The van der Waals surface area contributed by atoms with E-state index in [9.17, 15) is 0 Å². The normalized spacial score (nSPS) is 11.7. The summed E-state index contributed by atoms with van der Waals surface area (Å²) in [7, 11) is 0. The molecule has 0 saturated carbocycles. The van der Waals surface area contributed by atoms with Crippen molar-refractivity contribution in [2.24, 2.45) is 0 Å². The Labute approximate surface area is 312 Å². The maximum absolute atomic E-state index is 6.33. The lowest BCUT2D eigenvalue weighted by Crippen LogP contribution is -2.10. The van der Waals surface area contributed by atoms with E-state index >= 15 is 0 Å². The zero-order chi connectivity index (χ0) is 35.6. The zero-order valence-electron chi connectivity index (χ0n) is 29.3. The molecule has 0 unspecified atom stereocenters. The highest BCUT2D eigenvalue weighted by molar-refractivity contribution is 6.15. The van der Waals surface area contributed by atoms with E-state index in [0.29, 0.717) is 0 Å². The second kappa shape index (κ2) is 12.2. The molecule has 54 heavy (non-hydrogen) atoms. The maximum Gasteiger partial charge on any atom is 0.153 e. The van der Waals surface area contributed by atoms with Crippen LogP contribution in [0.2, 0.25) is 0 Å². The van der Waals surface area contributed by atoms with Crippen molar-refractivity contribution in [2.75, 3.05) is 4.90 Å². The van der Waals surface area contributed by atoms with Gasteiger partial charge in [0.05, 0.1) is 11.1 Å². The Balaban J connectivity index is 1.08. The molecule has 2 heterocycles. The van der Waals surface area contributed by atoms with Gasteiger partial charge in [-0.25, -0.2) is 0 Å². The summed E-state index contributed by atoms with van der Waals surface area (Å²) in [5, 5.41) is 11.0. The quantitative estimate of drug-likeness (QED) is 0.169. The van der Waals surface area contributed by atoms with E-state index < -0.39 is 0 Å². The van der Waals surface area contributed by atoms with Gasteiger partial charge in [0.2, 0.25) is 0 Å². The summed E-state index contributed by atoms with van der Waals surface area (Å²) in [5.74, 6) is 0. The van der Waals surface area contributed by atoms with E-state index in [1.807, 2.05) is 24.4 Å². The molecule has 0 radical (unpaired) electrons. The van der Waals surface area contributed by atoms with E-state index in [4.69, 9.17) is 9.40 Å². The highest BCUT2D eigenvalue weighted by Crippen LogP contribution is 2.44. The average Bonchev–Trinajstić information content (AvgIpc) is 3.63. The molecule has 0 fully saturated rings. The van der Waals surface area contributed by atoms with Gasteiger partial charge >= 0.3 is 0 Å². The fourth-order valence-electron chi connectivity index (χ4n) is 8.40. The summed E-state index contributed by atoms with van der Waals surface area (Å²) in [4.78, 5) is 7.12. The van der Waals surface area contributed by atoms with Crippen molar-refractivity contribution >= 4 is 82.2 Å². The minimum atomic E-state index is 0.775. The lowest BCUT2D eigenvalue weighted by Gasteiger charge is -2.26. The van der Waals surface area contributed by atoms with E-state index in [1.54, 1.807) is 0 Å². The molecule has 9 aromatic carbocycles. The molecule has 0 atom stereocenters. The third-order valence-electron chi connectivity index (χ3n) is 10.9. The van der Waals surface area contributed by atoms with Gasteiger partial charge in [-0.15, -0.1) is 0 Å². The molecule has 0 N–H and O–H groups in total. The van der Waals surface area contributed by atoms with Crippen molar-refractivity contribution in [3.8, 4) is 22.3 Å². The number of fused-ring (bicyclic) bond motifs is 9. The first-order valence-corrected chi connectivity index (χ1v) is 18.4. The molecule has 3 heteroatoms. The van der Waals surface area contributed by atoms with Crippen molar-refractivity contribution in [3.05, 3.63) is 194 Å². The van der Waals surface area contributed by atoms with Gasteiger partial charge in [-0.05, 0) is 126 Å². The van der Waals surface area contributed by atoms with E-state index in [1.165, 1.54) is 65.3 Å². The summed E-state index contributed by atoms with van der Waals surface area (Å²) in [6, 6.07) is 67.5. The van der Waals surface area contributed by atoms with Crippen LogP contribution in [-0.4, -0.2) is 4.98 Å². The Kier molecular flexibility index (Phi) is 6.86. The van der Waals surface area contributed by atoms with Gasteiger partial charge in [-0.3, -0.25) is 4.98 Å². The molecule has 0 bridgehead atoms. The summed E-state index contributed by atoms with van der Waals surface area (Å²) in [5.41, 5.74) is 10.3. The lowest BCUT2D eigenvalue weighted by atomic mass is 9.93. The van der Waals surface area contributed by atoms with Crippen LogP contribution < -0.4 is 4.90 Å². The van der Waals surface area contributed by atoms with Crippen LogP contribution in [0.3, 0.4) is 0 Å². The van der Waals surface area contributed by atoms with Crippen LogP contribution >= 0.6 is 0 Å². The van der Waals surface area contributed by atoms with Crippen molar-refractivity contribution in [2.45, 2.75) is 0 Å². The predicted molar refractivity (Wildman–Crippen MR) is 227 cm³/mol. The Morgan fingerprint density at radius 2 is 0.870 bits per heavy atom. The van der Waals surface area contributed by atoms with Crippen LogP contribution in [0.4, 0.5) is 17.1 Å². The van der Waals surface area contributed by atoms with Crippen LogP contribution in [0.15, 0.2) is 199 Å². The molecule has 0 spiro atoms. The molecule has 2 aromatic heterocycles. The first-order chi connectivity index (χ1) is 26.8. The SMILES string of the molecule is c1ccc2c(c1)cc(-c1ccc(N(c3ccc(-c4cc5ccccc5c5ccccc45)cc3)c3cccc4oc5cccnc5c34)cc1)c1ccccc12. The third kappa shape index (κ3) is 4.79. The maximum atomic E-state index is 6.33. The standard InChI is InChI=1S/C51H32N2O/c1-3-13-39-35(11-1)31-45(43-17-7-5-15-41(39)43)33-22-26-37(27-23-33)53(47-19-9-20-48-50(47)51-49(54-48)21-10-30-52-51)38-28-24-34(25-29-38)46-32-36-12-2-4-14-40(36)42-16-6-8-18-44(42)46/h1-32H. The van der Waals surface area contributed by atoms with Crippen LogP contribution in [-0.2, 0) is 0 Å². The van der Waals surface area contributed by atoms with E-state index in [0.717, 1.165) is 39.1 Å². The van der Waals surface area contributed by atoms with Gasteiger partial charge in [0.15, 0.2) is 5.58 Å². The molecule has 11 aromatic rings. The third-order valence-corrected chi connectivity index (χ3v) is 10.9. The number of hydrogen-bond donors (Lipinski definition) is 0. The van der Waals surface area contributed by atoms with Crippen molar-refractivity contribution in [1.82, 2.24) is 4.98 Å². The van der Waals surface area contributed by atoms with Crippen molar-refractivity contribution < 1.29 is 4.42 Å². The molecule has 0 amide bonds. The Hall–Kier alpha value is -7.23. The minimum absolute atomic E-state index is 0.775. The molecule has 252 valence electrons. The van der Waals surface area contributed by atoms with E-state index in [-0.39, 0.29) is 0 Å². The number of hydrogen-bond acceptors (Lipinski definition) is 3. The smallest absolute Gasteiger partial charge is 0.153 e. The first kappa shape index (κ1) is 30.4. The summed E-state index contributed by atoms with van der Waals surface area (Å²) in [6.07, 6.45) is 1.84. The second-order valence-electron chi connectivity index (χ2n) is 13.9. The second-order valence-corrected chi connectivity index (χ2v) is 13.9. The van der Waals surface area contributed by atoms with Gasteiger partial charge in [-0.2, -0.15) is 0 Å². The summed E-state index contributed by atoms with van der Waals surface area (Å²) in [6.45, 7) is 0. The highest BCUT2D eigenvalue weighted by Gasteiger charge is 2.21. The van der Waals surface area contributed by atoms with Gasteiger partial charge in [0, 0.05) is 17.6 Å². The number of rotatable bonds is 5. The largest absolute Gasteiger partial charge is 0.454 e. The van der Waals surface area contributed by atoms with Gasteiger partial charge in [0.25, 0.3) is 0 Å². The Bertz CT molecular complexity index is 3050. The number of nitrogens with zero attached hydrogens (tertiary/aromatic N) is 2. The number of anilines is 3. The molecular weight excluding hydrogens is 657 g/mol. The van der Waals surface area contributed by atoms with Crippen LogP contribution in [0, 0.1) is 0 Å². The molecule has 0 aliphatic heterocycles. The van der Waals surface area contributed by atoms with Gasteiger partial charge in [-0.1, -0.05) is 127 Å². The molecule has 0 saturated heterocycles. The highest BCUT2D eigenvalue weighted by atomic mass is 16.3. The van der Waals surface area contributed by atoms with Gasteiger partial charge < -0.3 is 9.32 Å². The van der Waals surface area contributed by atoms with E-state index in [2.05, 4.69) is 175 Å². The molecular formula is C51H32N2O. The number of pyridine rings is 1. The molecule has 0 aliphatic rings. The minimum Gasteiger partial charge on any atom is -0.454 e. The first-order valence-electron chi connectivity index (χ1n) is 18.4. The van der Waals surface area contributed by atoms with Gasteiger partial charge in [0.1, 0.15) is 11.1 Å². The number of aromatic nitrogens is 1. The van der Waals surface area contributed by atoms with Crippen molar-refractivity contribution in [3.63, 3.8) is 0 Å². The molecule has 3 nitrogen and oxygen atoms in total. The Morgan fingerprint density at radius 1 is 0.389 bits per heavy atom. The summed E-state index contributed by atoms with van der Waals surface area (Å²) >= 11 is 0. The lowest BCUT2D eigenvalue weighted by molar-refractivity contribution is 0.668. The zero-order valence-corrected chi connectivity index (χ0v) is 29.3. The molecule has 0 aliphatic carbocycles. The van der Waals surface area contributed by atoms with Crippen LogP contribution in [0.1, 0.15) is 0 Å². The monoisotopic (exact) mass is 688 g/mol.